The lowest BCUT2D eigenvalue weighted by atomic mass is 10.0. The van der Waals surface area contributed by atoms with Crippen LogP contribution in [0.1, 0.15) is 24.5 Å². The molecule has 1 fully saturated rings. The molecular weight excluding hydrogens is 781 g/mol. The van der Waals surface area contributed by atoms with Gasteiger partial charge in [0.1, 0.15) is 15.7 Å². The van der Waals surface area contributed by atoms with Gasteiger partial charge in [0.2, 0.25) is 16.0 Å². The molecule has 3 heterocycles. The molecule has 2 aliphatic heterocycles. The summed E-state index contributed by atoms with van der Waals surface area (Å²) in [7, 11) is 0.614. The molecule has 0 amide bonds. The molecule has 0 unspecified atom stereocenters. The van der Waals surface area contributed by atoms with E-state index in [2.05, 4.69) is 44.6 Å². The van der Waals surface area contributed by atoms with Gasteiger partial charge in [0.05, 0.1) is 36.2 Å². The van der Waals surface area contributed by atoms with Crippen LogP contribution >= 0.6 is 22.3 Å². The number of hydrogen-bond donors (Lipinski definition) is 2. The van der Waals surface area contributed by atoms with Crippen molar-refractivity contribution in [2.24, 2.45) is 5.92 Å². The normalized spacial score (nSPS) is 16.4. The molecule has 19 heteroatoms. The number of fused-ring (bicyclic) bond motifs is 1. The highest BCUT2D eigenvalue weighted by molar-refractivity contribution is 8.13. The van der Waals surface area contributed by atoms with E-state index in [0.29, 0.717) is 48.8 Å². The quantitative estimate of drug-likeness (QED) is 0.0932. The molecule has 6 rings (SSSR count). The lowest BCUT2D eigenvalue weighted by Crippen LogP contribution is -2.29. The summed E-state index contributed by atoms with van der Waals surface area (Å²) in [4.78, 5) is 20.6. The Morgan fingerprint density at radius 1 is 0.944 bits per heavy atom. The third kappa shape index (κ3) is 10.1. The molecule has 1 saturated heterocycles. The molecule has 15 nitrogen and oxygen atoms in total. The highest BCUT2D eigenvalue weighted by atomic mass is 35.7. The van der Waals surface area contributed by atoms with Gasteiger partial charge in [-0.3, -0.25) is 10.1 Å². The van der Waals surface area contributed by atoms with Crippen molar-refractivity contribution in [3.05, 3.63) is 93.1 Å². The molecule has 2 aliphatic rings. The summed E-state index contributed by atoms with van der Waals surface area (Å²) in [6.07, 6.45) is 4.18. The lowest BCUT2D eigenvalue weighted by molar-refractivity contribution is -0.387. The van der Waals surface area contributed by atoms with Crippen molar-refractivity contribution >= 4 is 70.2 Å². The molecule has 0 spiro atoms. The highest BCUT2D eigenvalue weighted by Crippen LogP contribution is 2.35. The smallest absolute Gasteiger partial charge is 0.289 e. The second-order valence-electron chi connectivity index (χ2n) is 12.7. The first-order valence-corrected chi connectivity index (χ1v) is 21.1. The number of halogens is 2. The molecule has 54 heavy (non-hydrogen) atoms. The SMILES string of the molecule is COCCN1CCc2cc(Nc3ncc(Cl)c(Nc4ccccc4S(=O)(=O)N4CC[C@H](C)C4)n3)c(OC)cc2CC1.O=[N+]([O-])c1ccccc1S(=O)(=O)Cl. The van der Waals surface area contributed by atoms with Gasteiger partial charge in [0.15, 0.2) is 10.7 Å². The molecule has 2 N–H and O–H groups in total. The monoisotopic (exact) mass is 821 g/mol. The van der Waals surface area contributed by atoms with E-state index in [1.807, 2.05) is 0 Å². The first-order valence-electron chi connectivity index (χ1n) is 17.0. The van der Waals surface area contributed by atoms with E-state index in [-0.39, 0.29) is 9.92 Å². The van der Waals surface area contributed by atoms with Gasteiger partial charge < -0.3 is 25.0 Å². The number of aromatic nitrogens is 2. The van der Waals surface area contributed by atoms with Crippen LogP contribution in [0.3, 0.4) is 0 Å². The number of sulfonamides is 1. The minimum absolute atomic E-state index is 0.185. The Balaban J connectivity index is 0.000000365. The van der Waals surface area contributed by atoms with Crippen LogP contribution in [0.5, 0.6) is 5.75 Å². The molecule has 4 aromatic rings. The van der Waals surface area contributed by atoms with Crippen LogP contribution in [0.4, 0.5) is 28.8 Å². The fraction of sp³-hybridized carbons (Fsp3) is 0.371. The molecule has 0 saturated carbocycles. The van der Waals surface area contributed by atoms with Crippen molar-refractivity contribution in [2.75, 3.05) is 64.2 Å². The van der Waals surface area contributed by atoms with Crippen molar-refractivity contribution in [3.8, 4) is 5.75 Å². The number of nitrogens with one attached hydrogen (secondary N) is 2. The standard InChI is InChI=1S/C29H37ClN6O4S.C6H4ClNO4S/c1-20-8-13-36(19-20)41(37,38)27-7-5-4-6-24(27)32-28-23(30)18-31-29(34-28)33-25-16-21-9-11-35(14-15-39-2)12-10-22(21)17-26(25)40-3;7-13(11,12)6-4-2-1-3-5(6)8(9)10/h4-7,16-18,20H,8-15,19H2,1-3H3,(H2,31,32,33,34);1-4H/t20-;/m0./s1. The number of benzene rings is 3. The second-order valence-corrected chi connectivity index (χ2v) is 17.6. The van der Waals surface area contributed by atoms with Gasteiger partial charge in [-0.25, -0.2) is 21.8 Å². The Morgan fingerprint density at radius 3 is 2.22 bits per heavy atom. The average Bonchev–Trinajstić information content (AvgIpc) is 3.50. The zero-order valence-corrected chi connectivity index (χ0v) is 33.0. The zero-order chi connectivity index (χ0) is 39.0. The van der Waals surface area contributed by atoms with Crippen LogP contribution in [0.25, 0.3) is 0 Å². The Bertz CT molecular complexity index is 2200. The van der Waals surface area contributed by atoms with E-state index >= 15 is 0 Å². The molecule has 0 aliphatic carbocycles. The predicted octanol–water partition coefficient (Wildman–Crippen LogP) is 6.23. The maximum absolute atomic E-state index is 13.5. The molecule has 0 bridgehead atoms. The summed E-state index contributed by atoms with van der Waals surface area (Å²) in [6, 6.07) is 15.9. The van der Waals surface area contributed by atoms with Gasteiger partial charge >= 0.3 is 0 Å². The maximum atomic E-state index is 13.5. The number of nitrogens with zero attached hydrogens (tertiary/aromatic N) is 5. The van der Waals surface area contributed by atoms with E-state index in [0.717, 1.165) is 56.7 Å². The average molecular weight is 823 g/mol. The van der Waals surface area contributed by atoms with E-state index in [1.54, 1.807) is 38.5 Å². The van der Waals surface area contributed by atoms with Crippen LogP contribution in [0.15, 0.2) is 76.7 Å². The van der Waals surface area contributed by atoms with Gasteiger partial charge in [-0.1, -0.05) is 42.8 Å². The van der Waals surface area contributed by atoms with Crippen LogP contribution in [-0.2, 0) is 36.7 Å². The fourth-order valence-corrected chi connectivity index (χ4v) is 9.02. The third-order valence-electron chi connectivity index (χ3n) is 8.99. The molecule has 1 aromatic heterocycles. The lowest BCUT2D eigenvalue weighted by Gasteiger charge is -2.19. The Morgan fingerprint density at radius 2 is 1.61 bits per heavy atom. The Kier molecular flexibility index (Phi) is 13.7. The first-order chi connectivity index (χ1) is 25.7. The number of hydrogen-bond acceptors (Lipinski definition) is 13. The largest absolute Gasteiger partial charge is 0.495 e. The molecule has 290 valence electrons. The summed E-state index contributed by atoms with van der Waals surface area (Å²) >= 11 is 6.47. The van der Waals surface area contributed by atoms with Crippen molar-refractivity contribution in [1.82, 2.24) is 19.2 Å². The van der Waals surface area contributed by atoms with Gasteiger partial charge in [-0.15, -0.1) is 0 Å². The van der Waals surface area contributed by atoms with E-state index in [1.165, 1.54) is 33.8 Å². The number of rotatable bonds is 12. The number of para-hydroxylation sites is 2. The fourth-order valence-electron chi connectivity index (χ4n) is 6.14. The predicted molar refractivity (Wildman–Crippen MR) is 207 cm³/mol. The maximum Gasteiger partial charge on any atom is 0.289 e. The molecule has 3 aromatic carbocycles. The number of ether oxygens (including phenoxy) is 2. The summed E-state index contributed by atoms with van der Waals surface area (Å²) in [5.74, 6) is 1.62. The third-order valence-corrected chi connectivity index (χ3v) is 12.6. The van der Waals surface area contributed by atoms with Crippen LogP contribution in [-0.4, -0.2) is 94.5 Å². The van der Waals surface area contributed by atoms with Crippen LogP contribution in [0.2, 0.25) is 5.02 Å². The van der Waals surface area contributed by atoms with Gasteiger partial charge in [-0.05, 0) is 66.6 Å². The van der Waals surface area contributed by atoms with Gasteiger partial charge in [0.25, 0.3) is 14.7 Å². The van der Waals surface area contributed by atoms with Crippen molar-refractivity contribution in [1.29, 1.82) is 0 Å². The first kappa shape index (κ1) is 41.1. The highest BCUT2D eigenvalue weighted by Gasteiger charge is 2.32. The van der Waals surface area contributed by atoms with Crippen LogP contribution < -0.4 is 15.4 Å². The minimum atomic E-state index is -4.05. The number of anilines is 4. The van der Waals surface area contributed by atoms with Crippen molar-refractivity contribution < 1.29 is 31.2 Å². The molecule has 1 atom stereocenters. The number of methoxy groups -OCH3 is 2. The summed E-state index contributed by atoms with van der Waals surface area (Å²) in [6.45, 7) is 6.61. The summed E-state index contributed by atoms with van der Waals surface area (Å²) < 4.78 is 61.0. The zero-order valence-electron chi connectivity index (χ0n) is 29.9. The Hall–Kier alpha value is -4.10. The molecule has 0 radical (unpaired) electrons. The topological polar surface area (TPSA) is 186 Å². The number of nitro groups is 1. The summed E-state index contributed by atoms with van der Waals surface area (Å²) in [5.41, 5.74) is 3.14. The van der Waals surface area contributed by atoms with E-state index in [9.17, 15) is 26.9 Å². The second kappa shape index (κ2) is 18.0. The molecular formula is C35H41Cl2N7O8S2. The number of nitro benzene ring substituents is 1. The van der Waals surface area contributed by atoms with E-state index < -0.39 is 34.6 Å². The van der Waals surface area contributed by atoms with E-state index in [4.69, 9.17) is 31.8 Å². The van der Waals surface area contributed by atoms with Crippen molar-refractivity contribution in [2.45, 2.75) is 36.0 Å². The minimum Gasteiger partial charge on any atom is -0.495 e. The van der Waals surface area contributed by atoms with Gasteiger partial charge in [-0.2, -0.15) is 9.29 Å². The van der Waals surface area contributed by atoms with Crippen LogP contribution in [0, 0.1) is 16.0 Å². The Labute approximate surface area is 324 Å². The van der Waals surface area contributed by atoms with Crippen molar-refractivity contribution in [3.63, 3.8) is 0 Å². The summed E-state index contributed by atoms with van der Waals surface area (Å²) in [5, 5.41) is 17.0. The van der Waals surface area contributed by atoms with Gasteiger partial charge in [0, 0.05) is 56.6 Å².